The third-order valence-electron chi connectivity index (χ3n) is 4.23. The Morgan fingerprint density at radius 1 is 1.09 bits per heavy atom. The van der Waals surface area contributed by atoms with Crippen LogP contribution < -0.4 is 0 Å². The van der Waals surface area contributed by atoms with Crippen LogP contribution >= 0.6 is 0 Å². The van der Waals surface area contributed by atoms with Gasteiger partial charge in [-0.2, -0.15) is 20.5 Å². The van der Waals surface area contributed by atoms with E-state index in [2.05, 4.69) is 0 Å². The molecule has 0 saturated heterocycles. The van der Waals surface area contributed by atoms with Crippen LogP contribution in [0, 0.1) is 0 Å². The number of fused-ring (bicyclic) bond motifs is 1. The minimum Gasteiger partial charge on any atom is -0.274 e. The molecule has 0 radical (unpaired) electrons. The molecule has 0 aromatic heterocycles. The Labute approximate surface area is 131 Å². The molecule has 118 valence electrons. The van der Waals surface area contributed by atoms with Crippen LogP contribution in [0.15, 0.2) is 36.1 Å². The number of allylic oxidation sites excluding steroid dienone is 1. The Kier molecular flexibility index (Phi) is 4.84. The molecule has 0 N–H and O–H groups in total. The highest BCUT2D eigenvalue weighted by Gasteiger charge is 2.34. The summed E-state index contributed by atoms with van der Waals surface area (Å²) in [6.45, 7) is 6.50. The van der Waals surface area contributed by atoms with Gasteiger partial charge in [-0.05, 0) is 18.6 Å². The van der Waals surface area contributed by atoms with Gasteiger partial charge in [-0.15, -0.1) is 0 Å². The fourth-order valence-electron chi connectivity index (χ4n) is 2.72. The highest BCUT2D eigenvalue weighted by molar-refractivity contribution is 6.83. The smallest absolute Gasteiger partial charge is 0.261 e. The summed E-state index contributed by atoms with van der Waals surface area (Å²) >= 11 is 0. The second-order valence-electron chi connectivity index (χ2n) is 7.05. The van der Waals surface area contributed by atoms with Crippen molar-refractivity contribution in [1.29, 1.82) is 0 Å². The molecule has 0 atom stereocenters. The predicted molar refractivity (Wildman–Crippen MR) is 88.2 cm³/mol. The summed E-state index contributed by atoms with van der Waals surface area (Å²) in [6.07, 6.45) is 2.01. The average molecular weight is 302 g/mol. The van der Waals surface area contributed by atoms with Crippen molar-refractivity contribution >= 4 is 18.0 Å². The maximum absolute atomic E-state index is 12.9. The molecule has 1 aliphatic heterocycles. The van der Waals surface area contributed by atoms with Gasteiger partial charge in [0, 0.05) is 19.0 Å². The van der Waals surface area contributed by atoms with Gasteiger partial charge in [0.2, 0.25) is 0 Å². The summed E-state index contributed by atoms with van der Waals surface area (Å²) in [5.41, 5.74) is 1.78. The van der Waals surface area contributed by atoms with Gasteiger partial charge >= 0.3 is 0 Å². The molecular weight excluding hydrogens is 280 g/mol. The Morgan fingerprint density at radius 2 is 1.64 bits per heavy atom. The standard InChI is InChI=1S/C17H22BFNO2/c1-18(2,3)13(12-19)8-6-7-11-20-16(21)14-9-4-5-10-15(14)17(20)22/h4-5,9-10,12H,6-8,11H2,1-3H3/q-1/b13-12-. The summed E-state index contributed by atoms with van der Waals surface area (Å²) in [6, 6.07) is 6.89. The molecule has 0 spiro atoms. The Hall–Kier alpha value is -1.91. The van der Waals surface area contributed by atoms with Crippen LogP contribution in [0.1, 0.15) is 40.0 Å². The lowest BCUT2D eigenvalue weighted by Gasteiger charge is -2.28. The third kappa shape index (κ3) is 3.29. The quantitative estimate of drug-likeness (QED) is 0.449. The Morgan fingerprint density at radius 3 is 2.09 bits per heavy atom. The number of imide groups is 1. The van der Waals surface area contributed by atoms with E-state index in [1.165, 1.54) is 4.90 Å². The van der Waals surface area contributed by atoms with Gasteiger partial charge in [0.05, 0.1) is 11.1 Å². The lowest BCUT2D eigenvalue weighted by Crippen LogP contribution is -2.31. The number of rotatable bonds is 6. The second kappa shape index (κ2) is 6.47. The molecule has 5 heteroatoms. The molecule has 2 amide bonds. The van der Waals surface area contributed by atoms with Crippen LogP contribution in [-0.4, -0.2) is 29.4 Å². The van der Waals surface area contributed by atoms with E-state index >= 15 is 0 Å². The van der Waals surface area contributed by atoms with Crippen molar-refractivity contribution in [3.8, 4) is 0 Å². The zero-order valence-electron chi connectivity index (χ0n) is 13.4. The van der Waals surface area contributed by atoms with Gasteiger partial charge in [-0.1, -0.05) is 25.0 Å². The number of hydrogen-bond donors (Lipinski definition) is 0. The van der Waals surface area contributed by atoms with Gasteiger partial charge < -0.3 is 0 Å². The van der Waals surface area contributed by atoms with E-state index in [0.29, 0.717) is 36.8 Å². The lowest BCUT2D eigenvalue weighted by atomic mass is 9.26. The average Bonchev–Trinajstić information content (AvgIpc) is 2.71. The van der Waals surface area contributed by atoms with Crippen molar-refractivity contribution in [3.05, 3.63) is 47.2 Å². The number of nitrogens with zero attached hydrogens (tertiary/aromatic N) is 1. The van der Waals surface area contributed by atoms with Crippen molar-refractivity contribution in [2.75, 3.05) is 6.54 Å². The first-order valence-electron chi connectivity index (χ1n) is 7.88. The monoisotopic (exact) mass is 302 g/mol. The first kappa shape index (κ1) is 16.5. The topological polar surface area (TPSA) is 37.4 Å². The van der Waals surface area contributed by atoms with E-state index in [1.54, 1.807) is 24.3 Å². The van der Waals surface area contributed by atoms with E-state index in [-0.39, 0.29) is 11.8 Å². The molecule has 1 aliphatic rings. The Balaban J connectivity index is 1.89. The van der Waals surface area contributed by atoms with Gasteiger partial charge in [0.15, 0.2) is 0 Å². The summed E-state index contributed by atoms with van der Waals surface area (Å²) < 4.78 is 12.9. The highest BCUT2D eigenvalue weighted by Crippen LogP contribution is 2.24. The number of carbonyl (C=O) groups excluding carboxylic acids is 2. The maximum Gasteiger partial charge on any atom is 0.261 e. The molecular formula is C17H22BFNO2-. The molecule has 0 saturated carbocycles. The molecule has 2 rings (SSSR count). The van der Waals surface area contributed by atoms with E-state index in [9.17, 15) is 14.0 Å². The summed E-state index contributed by atoms with van der Waals surface area (Å²) in [7, 11) is 0. The predicted octanol–water partition coefficient (Wildman–Crippen LogP) is 4.18. The van der Waals surface area contributed by atoms with E-state index in [4.69, 9.17) is 0 Å². The molecule has 0 bridgehead atoms. The van der Waals surface area contributed by atoms with Crippen LogP contribution in [0.25, 0.3) is 0 Å². The van der Waals surface area contributed by atoms with E-state index < -0.39 is 6.15 Å². The summed E-state index contributed by atoms with van der Waals surface area (Å²) in [4.78, 5) is 25.7. The molecule has 1 heterocycles. The van der Waals surface area contributed by atoms with Crippen LogP contribution in [-0.2, 0) is 0 Å². The molecule has 1 aromatic rings. The number of unbranched alkanes of at least 4 members (excludes halogenated alkanes) is 1. The molecule has 0 fully saturated rings. The molecule has 1 aromatic carbocycles. The van der Waals surface area contributed by atoms with Crippen molar-refractivity contribution in [2.24, 2.45) is 0 Å². The van der Waals surface area contributed by atoms with Crippen molar-refractivity contribution in [3.63, 3.8) is 0 Å². The van der Waals surface area contributed by atoms with Crippen molar-refractivity contribution < 1.29 is 14.0 Å². The maximum atomic E-state index is 12.9. The molecule has 0 aliphatic carbocycles. The van der Waals surface area contributed by atoms with Crippen LogP contribution in [0.5, 0.6) is 0 Å². The number of halogens is 1. The molecule has 0 unspecified atom stereocenters. The van der Waals surface area contributed by atoms with Gasteiger partial charge in [0.1, 0.15) is 0 Å². The number of amides is 2. The third-order valence-corrected chi connectivity index (χ3v) is 4.23. The van der Waals surface area contributed by atoms with Crippen LogP contribution in [0.2, 0.25) is 20.5 Å². The minimum atomic E-state index is -0.828. The lowest BCUT2D eigenvalue weighted by molar-refractivity contribution is 0.0652. The van der Waals surface area contributed by atoms with E-state index in [0.717, 1.165) is 11.9 Å². The molecule has 3 nitrogen and oxygen atoms in total. The van der Waals surface area contributed by atoms with Gasteiger partial charge in [-0.3, -0.25) is 14.5 Å². The zero-order valence-corrected chi connectivity index (χ0v) is 13.4. The second-order valence-corrected chi connectivity index (χ2v) is 7.05. The van der Waals surface area contributed by atoms with Crippen LogP contribution in [0.4, 0.5) is 4.39 Å². The van der Waals surface area contributed by atoms with Crippen molar-refractivity contribution in [2.45, 2.75) is 39.7 Å². The Bertz CT molecular complexity index is 584. The van der Waals surface area contributed by atoms with Gasteiger partial charge in [-0.25, -0.2) is 9.86 Å². The largest absolute Gasteiger partial charge is 0.274 e. The number of hydrogen-bond acceptors (Lipinski definition) is 2. The normalized spacial score (nSPS) is 15.5. The van der Waals surface area contributed by atoms with Crippen molar-refractivity contribution in [1.82, 2.24) is 4.90 Å². The van der Waals surface area contributed by atoms with Crippen LogP contribution in [0.3, 0.4) is 0 Å². The first-order chi connectivity index (χ1) is 10.4. The minimum absolute atomic E-state index is 0.220. The zero-order chi connectivity index (χ0) is 16.3. The first-order valence-corrected chi connectivity index (χ1v) is 7.88. The fourth-order valence-corrected chi connectivity index (χ4v) is 2.72. The van der Waals surface area contributed by atoms with E-state index in [1.807, 2.05) is 20.5 Å². The summed E-state index contributed by atoms with van der Waals surface area (Å²) in [5, 5.41) is 0. The number of benzene rings is 1. The SMILES string of the molecule is C[B-](C)(C)/C(=C\F)CCCCN1C(=O)c2ccccc2C1=O. The fraction of sp³-hybridized carbons (Fsp3) is 0.412. The highest BCUT2D eigenvalue weighted by atomic mass is 19.1. The number of carbonyl (C=O) groups is 2. The molecule has 22 heavy (non-hydrogen) atoms. The van der Waals surface area contributed by atoms with Gasteiger partial charge in [0.25, 0.3) is 11.8 Å². The summed E-state index contributed by atoms with van der Waals surface area (Å²) in [5.74, 6) is -0.441.